The SMILES string of the molecule is CCC(C)(NC=O)C(=O)Nc1ccccc1C(=O)O. The number of carbonyl (C=O) groups excluding carboxylic acids is 2. The normalized spacial score (nSPS) is 13.2. The third kappa shape index (κ3) is 3.31. The lowest BCUT2D eigenvalue weighted by atomic mass is 9.97. The van der Waals surface area contributed by atoms with Crippen LogP contribution in [0.25, 0.3) is 0 Å². The molecular formula is C13H16N2O4. The highest BCUT2D eigenvalue weighted by Crippen LogP contribution is 2.18. The molecule has 1 aromatic carbocycles. The van der Waals surface area contributed by atoms with E-state index in [0.29, 0.717) is 12.8 Å². The molecule has 0 bridgehead atoms. The molecule has 1 unspecified atom stereocenters. The number of nitrogens with one attached hydrogen (secondary N) is 2. The lowest BCUT2D eigenvalue weighted by molar-refractivity contribution is -0.125. The van der Waals surface area contributed by atoms with Crippen LogP contribution in [0.4, 0.5) is 5.69 Å². The van der Waals surface area contributed by atoms with E-state index in [-0.39, 0.29) is 11.3 Å². The Morgan fingerprint density at radius 2 is 2.00 bits per heavy atom. The molecule has 0 fully saturated rings. The van der Waals surface area contributed by atoms with Gasteiger partial charge in [0, 0.05) is 0 Å². The first kappa shape index (κ1) is 14.7. The average Bonchev–Trinajstić information content (AvgIpc) is 2.39. The highest BCUT2D eigenvalue weighted by molar-refractivity contribution is 6.04. The Morgan fingerprint density at radius 1 is 1.37 bits per heavy atom. The van der Waals surface area contributed by atoms with Gasteiger partial charge in [0.1, 0.15) is 5.54 Å². The van der Waals surface area contributed by atoms with Crippen LogP contribution in [0.1, 0.15) is 30.6 Å². The van der Waals surface area contributed by atoms with Crippen molar-refractivity contribution in [2.75, 3.05) is 5.32 Å². The standard InChI is InChI=1S/C13H16N2O4/c1-3-13(2,14-8-16)12(19)15-10-7-5-4-6-9(10)11(17)18/h4-8H,3H2,1-2H3,(H,14,16)(H,15,19)(H,17,18). The summed E-state index contributed by atoms with van der Waals surface area (Å²) < 4.78 is 0. The molecule has 0 radical (unpaired) electrons. The van der Waals surface area contributed by atoms with Crippen molar-refractivity contribution in [1.29, 1.82) is 0 Å². The highest BCUT2D eigenvalue weighted by Gasteiger charge is 2.31. The molecular weight excluding hydrogens is 248 g/mol. The molecule has 0 aromatic heterocycles. The van der Waals surface area contributed by atoms with Gasteiger partial charge in [-0.15, -0.1) is 0 Å². The number of para-hydroxylation sites is 1. The molecule has 2 amide bonds. The summed E-state index contributed by atoms with van der Waals surface area (Å²) >= 11 is 0. The van der Waals surface area contributed by atoms with Crippen molar-refractivity contribution in [3.05, 3.63) is 29.8 Å². The summed E-state index contributed by atoms with van der Waals surface area (Å²) in [6.07, 6.45) is 0.832. The zero-order chi connectivity index (χ0) is 14.5. The van der Waals surface area contributed by atoms with Gasteiger partial charge in [-0.1, -0.05) is 19.1 Å². The van der Waals surface area contributed by atoms with Crippen LogP contribution in [0.5, 0.6) is 0 Å². The van der Waals surface area contributed by atoms with Gasteiger partial charge in [-0.25, -0.2) is 4.79 Å². The van der Waals surface area contributed by atoms with Gasteiger partial charge < -0.3 is 15.7 Å². The van der Waals surface area contributed by atoms with Gasteiger partial charge in [0.05, 0.1) is 11.3 Å². The maximum atomic E-state index is 12.1. The first-order valence-corrected chi connectivity index (χ1v) is 5.79. The Morgan fingerprint density at radius 3 is 2.53 bits per heavy atom. The number of rotatable bonds is 6. The fraction of sp³-hybridized carbons (Fsp3) is 0.308. The summed E-state index contributed by atoms with van der Waals surface area (Å²) in [5.41, 5.74) is -0.874. The molecule has 0 heterocycles. The minimum absolute atomic E-state index is 0.000376. The first-order chi connectivity index (χ1) is 8.94. The summed E-state index contributed by atoms with van der Waals surface area (Å²) in [4.78, 5) is 33.7. The Hall–Kier alpha value is -2.37. The Labute approximate surface area is 110 Å². The van der Waals surface area contributed by atoms with Crippen molar-refractivity contribution in [1.82, 2.24) is 5.32 Å². The van der Waals surface area contributed by atoms with E-state index in [1.807, 2.05) is 0 Å². The van der Waals surface area contributed by atoms with E-state index in [9.17, 15) is 14.4 Å². The van der Waals surface area contributed by atoms with E-state index in [0.717, 1.165) is 0 Å². The van der Waals surface area contributed by atoms with Crippen LogP contribution in [-0.4, -0.2) is 28.9 Å². The van der Waals surface area contributed by atoms with E-state index in [1.54, 1.807) is 26.0 Å². The maximum Gasteiger partial charge on any atom is 0.337 e. The number of benzene rings is 1. The zero-order valence-electron chi connectivity index (χ0n) is 10.8. The maximum absolute atomic E-state index is 12.1. The van der Waals surface area contributed by atoms with Crippen LogP contribution in [0.2, 0.25) is 0 Å². The van der Waals surface area contributed by atoms with E-state index >= 15 is 0 Å². The van der Waals surface area contributed by atoms with Crippen LogP contribution in [0, 0.1) is 0 Å². The smallest absolute Gasteiger partial charge is 0.337 e. The number of amides is 2. The summed E-state index contributed by atoms with van der Waals surface area (Å²) in [5.74, 6) is -1.59. The third-order valence-electron chi connectivity index (χ3n) is 2.99. The predicted molar refractivity (Wildman–Crippen MR) is 69.9 cm³/mol. The largest absolute Gasteiger partial charge is 0.478 e. The van der Waals surface area contributed by atoms with Crippen molar-refractivity contribution < 1.29 is 19.5 Å². The summed E-state index contributed by atoms with van der Waals surface area (Å²) in [6.45, 7) is 3.32. The second-order valence-corrected chi connectivity index (χ2v) is 4.25. The summed E-state index contributed by atoms with van der Waals surface area (Å²) in [6, 6.07) is 6.09. The topological polar surface area (TPSA) is 95.5 Å². The van der Waals surface area contributed by atoms with Gasteiger partial charge in [0.2, 0.25) is 12.3 Å². The van der Waals surface area contributed by atoms with E-state index in [1.165, 1.54) is 12.1 Å². The number of aromatic carboxylic acids is 1. The van der Waals surface area contributed by atoms with Gasteiger partial charge in [0.15, 0.2) is 0 Å². The number of carboxylic acid groups (broad SMARTS) is 1. The molecule has 102 valence electrons. The summed E-state index contributed by atoms with van der Waals surface area (Å²) in [7, 11) is 0. The van der Waals surface area contributed by atoms with Gasteiger partial charge in [-0.05, 0) is 25.5 Å². The van der Waals surface area contributed by atoms with Gasteiger partial charge in [0.25, 0.3) is 0 Å². The van der Waals surface area contributed by atoms with Gasteiger partial charge >= 0.3 is 5.97 Å². The van der Waals surface area contributed by atoms with Crippen LogP contribution in [-0.2, 0) is 9.59 Å². The molecule has 6 heteroatoms. The number of carbonyl (C=O) groups is 3. The van der Waals surface area contributed by atoms with Crippen LogP contribution in [0.3, 0.4) is 0 Å². The van der Waals surface area contributed by atoms with Gasteiger partial charge in [-0.3, -0.25) is 9.59 Å². The Balaban J connectivity index is 2.99. The molecule has 19 heavy (non-hydrogen) atoms. The fourth-order valence-electron chi connectivity index (χ4n) is 1.50. The van der Waals surface area contributed by atoms with Gasteiger partial charge in [-0.2, -0.15) is 0 Å². The van der Waals surface area contributed by atoms with Crippen molar-refractivity contribution >= 4 is 24.0 Å². The lowest BCUT2D eigenvalue weighted by Crippen LogP contribution is -2.51. The van der Waals surface area contributed by atoms with Crippen molar-refractivity contribution in [2.45, 2.75) is 25.8 Å². The van der Waals surface area contributed by atoms with Crippen LogP contribution < -0.4 is 10.6 Å². The lowest BCUT2D eigenvalue weighted by Gasteiger charge is -2.26. The molecule has 1 rings (SSSR count). The third-order valence-corrected chi connectivity index (χ3v) is 2.99. The summed E-state index contributed by atoms with van der Waals surface area (Å²) in [5, 5.41) is 14.0. The van der Waals surface area contributed by atoms with Crippen LogP contribution in [0.15, 0.2) is 24.3 Å². The molecule has 0 saturated carbocycles. The quantitative estimate of drug-likeness (QED) is 0.673. The minimum Gasteiger partial charge on any atom is -0.478 e. The molecule has 0 aliphatic rings. The molecule has 0 saturated heterocycles. The molecule has 6 nitrogen and oxygen atoms in total. The van der Waals surface area contributed by atoms with E-state index in [4.69, 9.17) is 5.11 Å². The fourth-order valence-corrected chi connectivity index (χ4v) is 1.50. The number of anilines is 1. The number of carboxylic acids is 1. The molecule has 0 aliphatic heterocycles. The zero-order valence-corrected chi connectivity index (χ0v) is 10.8. The van der Waals surface area contributed by atoms with E-state index in [2.05, 4.69) is 10.6 Å². The van der Waals surface area contributed by atoms with Crippen molar-refractivity contribution in [3.8, 4) is 0 Å². The molecule has 3 N–H and O–H groups in total. The molecule has 0 spiro atoms. The molecule has 0 aliphatic carbocycles. The highest BCUT2D eigenvalue weighted by atomic mass is 16.4. The Bertz CT molecular complexity index is 501. The Kier molecular flexibility index (Phi) is 4.63. The monoisotopic (exact) mass is 264 g/mol. The predicted octanol–water partition coefficient (Wildman–Crippen LogP) is 1.24. The number of hydrogen-bond acceptors (Lipinski definition) is 3. The second kappa shape index (κ2) is 5.99. The molecule has 1 atom stereocenters. The van der Waals surface area contributed by atoms with Crippen molar-refractivity contribution in [3.63, 3.8) is 0 Å². The van der Waals surface area contributed by atoms with Crippen molar-refractivity contribution in [2.24, 2.45) is 0 Å². The van der Waals surface area contributed by atoms with E-state index < -0.39 is 17.4 Å². The second-order valence-electron chi connectivity index (χ2n) is 4.25. The van der Waals surface area contributed by atoms with Crippen LogP contribution >= 0.6 is 0 Å². The first-order valence-electron chi connectivity index (χ1n) is 5.79. The average molecular weight is 264 g/mol. The molecule has 1 aromatic rings. The minimum atomic E-state index is -1.13. The number of hydrogen-bond donors (Lipinski definition) is 3.